The molecular weight excluding hydrogens is 342 g/mol. The molecule has 3 rings (SSSR count). The number of fused-ring (bicyclic) bond motifs is 1. The van der Waals surface area contributed by atoms with Gasteiger partial charge in [-0.2, -0.15) is 4.98 Å². The van der Waals surface area contributed by atoms with Gasteiger partial charge in [0.25, 0.3) is 5.78 Å². The number of carbonyl (C=O) groups excluding carboxylic acids is 1. The van der Waals surface area contributed by atoms with Crippen molar-refractivity contribution in [3.05, 3.63) is 36.7 Å². The molecule has 1 atom stereocenters. The highest BCUT2D eigenvalue weighted by Crippen LogP contribution is 2.30. The number of rotatable bonds is 6. The van der Waals surface area contributed by atoms with Gasteiger partial charge in [0.05, 0.1) is 19.5 Å². The highest BCUT2D eigenvalue weighted by atomic mass is 32.2. The molecule has 1 N–H and O–H groups in total. The van der Waals surface area contributed by atoms with Crippen LogP contribution in [-0.4, -0.2) is 45.0 Å². The van der Waals surface area contributed by atoms with Gasteiger partial charge in [0.15, 0.2) is 11.5 Å². The van der Waals surface area contributed by atoms with Gasteiger partial charge < -0.3 is 14.8 Å². The summed E-state index contributed by atoms with van der Waals surface area (Å²) in [5.74, 6) is 1.49. The molecule has 0 radical (unpaired) electrons. The van der Waals surface area contributed by atoms with Gasteiger partial charge in [-0.05, 0) is 25.1 Å². The second-order valence-electron chi connectivity index (χ2n) is 5.08. The molecule has 8 nitrogen and oxygen atoms in total. The zero-order chi connectivity index (χ0) is 17.8. The average Bonchev–Trinajstić information content (AvgIpc) is 3.03. The summed E-state index contributed by atoms with van der Waals surface area (Å²) in [6.45, 7) is 1.79. The van der Waals surface area contributed by atoms with Crippen LogP contribution in [0.3, 0.4) is 0 Å². The molecule has 25 heavy (non-hydrogen) atoms. The summed E-state index contributed by atoms with van der Waals surface area (Å²) in [6.07, 6.45) is 3.40. The highest BCUT2D eigenvalue weighted by molar-refractivity contribution is 8.00. The number of ether oxygens (including phenoxy) is 2. The first kappa shape index (κ1) is 17.0. The Labute approximate surface area is 148 Å². The third kappa shape index (κ3) is 3.82. The summed E-state index contributed by atoms with van der Waals surface area (Å²) < 4.78 is 12.0. The molecule has 0 saturated carbocycles. The number of thioether (sulfide) groups is 1. The molecule has 0 saturated heterocycles. The number of benzene rings is 1. The van der Waals surface area contributed by atoms with Crippen LogP contribution in [0.15, 0.2) is 41.8 Å². The number of carbonyl (C=O) groups is 1. The quantitative estimate of drug-likeness (QED) is 0.675. The van der Waals surface area contributed by atoms with Crippen LogP contribution >= 0.6 is 11.8 Å². The van der Waals surface area contributed by atoms with Crippen LogP contribution < -0.4 is 14.8 Å². The van der Waals surface area contributed by atoms with E-state index < -0.39 is 0 Å². The molecule has 2 heterocycles. The van der Waals surface area contributed by atoms with Crippen LogP contribution in [-0.2, 0) is 4.79 Å². The molecule has 0 fully saturated rings. The van der Waals surface area contributed by atoms with Crippen molar-refractivity contribution in [1.29, 1.82) is 0 Å². The van der Waals surface area contributed by atoms with E-state index in [1.165, 1.54) is 11.8 Å². The number of hydrogen-bond acceptors (Lipinski definition) is 7. The Morgan fingerprint density at radius 3 is 2.80 bits per heavy atom. The normalized spacial score (nSPS) is 12.0. The minimum Gasteiger partial charge on any atom is -0.493 e. The Morgan fingerprint density at radius 1 is 1.28 bits per heavy atom. The van der Waals surface area contributed by atoms with Gasteiger partial charge >= 0.3 is 0 Å². The van der Waals surface area contributed by atoms with Crippen molar-refractivity contribution in [1.82, 2.24) is 19.6 Å². The Balaban J connectivity index is 1.68. The molecule has 0 bridgehead atoms. The van der Waals surface area contributed by atoms with Crippen molar-refractivity contribution in [2.45, 2.75) is 17.3 Å². The van der Waals surface area contributed by atoms with Crippen LogP contribution in [0.5, 0.6) is 11.5 Å². The van der Waals surface area contributed by atoms with Crippen molar-refractivity contribution in [2.75, 3.05) is 19.5 Å². The maximum atomic E-state index is 12.4. The molecule has 0 aliphatic heterocycles. The number of aromatic nitrogens is 4. The number of methoxy groups -OCH3 is 2. The second kappa shape index (κ2) is 7.39. The summed E-state index contributed by atoms with van der Waals surface area (Å²) in [5.41, 5.74) is 0.625. The van der Waals surface area contributed by atoms with E-state index >= 15 is 0 Å². The summed E-state index contributed by atoms with van der Waals surface area (Å²) >= 11 is 1.26. The predicted molar refractivity (Wildman–Crippen MR) is 94.3 cm³/mol. The molecule has 2 aromatic heterocycles. The highest BCUT2D eigenvalue weighted by Gasteiger charge is 2.18. The van der Waals surface area contributed by atoms with E-state index in [2.05, 4.69) is 20.4 Å². The minimum absolute atomic E-state index is 0.163. The van der Waals surface area contributed by atoms with E-state index in [0.29, 0.717) is 28.1 Å². The molecule has 1 amide bonds. The Morgan fingerprint density at radius 2 is 2.08 bits per heavy atom. The lowest BCUT2D eigenvalue weighted by atomic mass is 10.2. The zero-order valence-corrected chi connectivity index (χ0v) is 14.8. The molecule has 0 spiro atoms. The van der Waals surface area contributed by atoms with Crippen LogP contribution in [0.2, 0.25) is 0 Å². The van der Waals surface area contributed by atoms with Gasteiger partial charge in [-0.15, -0.1) is 5.10 Å². The molecule has 9 heteroatoms. The van der Waals surface area contributed by atoms with Crippen LogP contribution in [0.1, 0.15) is 6.92 Å². The van der Waals surface area contributed by atoms with Crippen molar-refractivity contribution >= 4 is 29.1 Å². The number of nitrogens with one attached hydrogen (secondary N) is 1. The summed E-state index contributed by atoms with van der Waals surface area (Å²) in [5, 5.41) is 7.24. The zero-order valence-electron chi connectivity index (χ0n) is 14.0. The number of anilines is 1. The first-order valence-electron chi connectivity index (χ1n) is 7.47. The minimum atomic E-state index is -0.384. The maximum absolute atomic E-state index is 12.4. The molecule has 1 aromatic carbocycles. The maximum Gasteiger partial charge on any atom is 0.253 e. The smallest absolute Gasteiger partial charge is 0.253 e. The van der Waals surface area contributed by atoms with Crippen molar-refractivity contribution in [3.63, 3.8) is 0 Å². The number of nitrogens with zero attached hydrogens (tertiary/aromatic N) is 4. The molecular formula is C16H17N5O3S. The van der Waals surface area contributed by atoms with E-state index in [4.69, 9.17) is 9.47 Å². The summed E-state index contributed by atoms with van der Waals surface area (Å²) in [6, 6.07) is 6.97. The van der Waals surface area contributed by atoms with E-state index in [1.807, 2.05) is 0 Å². The predicted octanol–water partition coefficient (Wildman–Crippen LogP) is 2.26. The van der Waals surface area contributed by atoms with Gasteiger partial charge in [0, 0.05) is 24.1 Å². The number of amides is 1. The fraction of sp³-hybridized carbons (Fsp3) is 0.250. The fourth-order valence-corrected chi connectivity index (χ4v) is 2.88. The number of hydrogen-bond donors (Lipinski definition) is 1. The first-order valence-corrected chi connectivity index (χ1v) is 8.35. The Bertz CT molecular complexity index is 865. The first-order chi connectivity index (χ1) is 12.1. The monoisotopic (exact) mass is 359 g/mol. The lowest BCUT2D eigenvalue weighted by Crippen LogP contribution is -2.22. The molecule has 3 aromatic rings. The van der Waals surface area contributed by atoms with E-state index in [9.17, 15) is 4.79 Å². The summed E-state index contributed by atoms with van der Waals surface area (Å²) in [4.78, 5) is 20.8. The van der Waals surface area contributed by atoms with Gasteiger partial charge in [-0.1, -0.05) is 11.8 Å². The van der Waals surface area contributed by atoms with Gasteiger partial charge in [-0.3, -0.25) is 4.79 Å². The average molecular weight is 359 g/mol. The Hall–Kier alpha value is -2.81. The van der Waals surface area contributed by atoms with Crippen molar-refractivity contribution < 1.29 is 14.3 Å². The van der Waals surface area contributed by atoms with Gasteiger partial charge in [0.1, 0.15) is 0 Å². The lowest BCUT2D eigenvalue weighted by molar-refractivity contribution is -0.115. The van der Waals surface area contributed by atoms with E-state index in [1.54, 1.807) is 62.3 Å². The van der Waals surface area contributed by atoms with Gasteiger partial charge in [-0.25, -0.2) is 9.50 Å². The SMILES string of the molecule is COc1ccc(NC(=O)C(C)Sc2nc3ncccn3n2)cc1OC. The molecule has 0 aliphatic carbocycles. The molecule has 1 unspecified atom stereocenters. The van der Waals surface area contributed by atoms with Crippen LogP contribution in [0.25, 0.3) is 5.78 Å². The van der Waals surface area contributed by atoms with E-state index in [-0.39, 0.29) is 11.2 Å². The summed E-state index contributed by atoms with van der Waals surface area (Å²) in [7, 11) is 3.11. The topological polar surface area (TPSA) is 90.6 Å². The van der Waals surface area contributed by atoms with Crippen LogP contribution in [0, 0.1) is 0 Å². The fourth-order valence-electron chi connectivity index (χ4n) is 2.13. The van der Waals surface area contributed by atoms with Crippen LogP contribution in [0.4, 0.5) is 5.69 Å². The molecule has 0 aliphatic rings. The van der Waals surface area contributed by atoms with Crippen molar-refractivity contribution in [2.24, 2.45) is 0 Å². The lowest BCUT2D eigenvalue weighted by Gasteiger charge is -2.12. The largest absolute Gasteiger partial charge is 0.493 e. The third-order valence-electron chi connectivity index (χ3n) is 3.40. The molecule has 130 valence electrons. The van der Waals surface area contributed by atoms with E-state index in [0.717, 1.165) is 0 Å². The third-order valence-corrected chi connectivity index (χ3v) is 4.35. The van der Waals surface area contributed by atoms with Crippen molar-refractivity contribution in [3.8, 4) is 11.5 Å². The standard InChI is InChI=1S/C16H17N5O3S/c1-10(25-16-19-15-17-7-4-8-21(15)20-16)14(22)18-11-5-6-12(23-2)13(9-11)24-3/h4-10H,1-3H3,(H,18,22). The second-order valence-corrected chi connectivity index (χ2v) is 6.39. The Kier molecular flexibility index (Phi) is 5.03. The van der Waals surface area contributed by atoms with Gasteiger partial charge in [0.2, 0.25) is 11.1 Å².